The normalized spacial score (nSPS) is 12.6. The fourth-order valence-corrected chi connectivity index (χ4v) is 0.455. The van der Waals surface area contributed by atoms with E-state index in [2.05, 4.69) is 5.32 Å². The largest absolute Gasteiger partial charge is 0.315 e. The molecule has 0 radical (unpaired) electrons. The van der Waals surface area contributed by atoms with Crippen LogP contribution in [-0.4, -0.2) is 25.0 Å². The molecule has 0 aromatic heterocycles. The number of hydrogen-bond donors (Lipinski definition) is 6. The van der Waals surface area contributed by atoms with Crippen LogP contribution in [0.2, 0.25) is 0 Å². The first kappa shape index (κ1) is 9.76. The maximum absolute atomic E-state index is 5.23. The van der Waals surface area contributed by atoms with Gasteiger partial charge in [0.1, 0.15) is 5.79 Å². The highest BCUT2D eigenvalue weighted by atomic mass is 15.2. The van der Waals surface area contributed by atoms with Crippen molar-refractivity contribution in [2.24, 2.45) is 28.7 Å². The summed E-state index contributed by atoms with van der Waals surface area (Å²) in [6.07, 6.45) is -0.401. The van der Waals surface area contributed by atoms with Crippen LogP contribution in [0.3, 0.4) is 0 Å². The van der Waals surface area contributed by atoms with Crippen molar-refractivity contribution >= 4 is 0 Å². The van der Waals surface area contributed by atoms with Crippen molar-refractivity contribution in [2.75, 3.05) is 13.1 Å². The Bertz CT molecular complexity index is 84.2. The molecule has 0 aliphatic carbocycles. The maximum Gasteiger partial charge on any atom is 0.128 e. The zero-order valence-corrected chi connectivity index (χ0v) is 5.88. The van der Waals surface area contributed by atoms with E-state index in [1.807, 2.05) is 0 Å². The Kier molecular flexibility index (Phi) is 3.72. The first-order chi connectivity index (χ1) is 4.42. The number of nitrogens with two attached hydrogens (primary N) is 5. The highest BCUT2D eigenvalue weighted by Crippen LogP contribution is 1.71. The summed E-state index contributed by atoms with van der Waals surface area (Å²) in [7, 11) is 0. The van der Waals surface area contributed by atoms with Gasteiger partial charge >= 0.3 is 0 Å². The van der Waals surface area contributed by atoms with Crippen molar-refractivity contribution in [1.82, 2.24) is 5.32 Å². The van der Waals surface area contributed by atoms with Crippen molar-refractivity contribution < 1.29 is 0 Å². The van der Waals surface area contributed by atoms with Crippen LogP contribution in [-0.2, 0) is 0 Å². The first-order valence-corrected chi connectivity index (χ1v) is 3.00. The van der Waals surface area contributed by atoms with Gasteiger partial charge in [0.05, 0.1) is 6.17 Å². The minimum Gasteiger partial charge on any atom is -0.315 e. The molecule has 0 aliphatic heterocycles. The zero-order chi connectivity index (χ0) is 8.20. The van der Waals surface area contributed by atoms with Gasteiger partial charge in [-0.3, -0.25) is 0 Å². The summed E-state index contributed by atoms with van der Waals surface area (Å²) < 4.78 is 0. The summed E-state index contributed by atoms with van der Waals surface area (Å²) in [4.78, 5) is 0. The quantitative estimate of drug-likeness (QED) is 0.227. The smallest absolute Gasteiger partial charge is 0.128 e. The maximum atomic E-state index is 5.23. The van der Waals surface area contributed by atoms with E-state index in [4.69, 9.17) is 28.7 Å². The van der Waals surface area contributed by atoms with Crippen molar-refractivity contribution in [1.29, 1.82) is 0 Å². The van der Waals surface area contributed by atoms with Gasteiger partial charge in [-0.05, 0) is 0 Å². The van der Waals surface area contributed by atoms with Gasteiger partial charge < -0.3 is 34.0 Å². The van der Waals surface area contributed by atoms with E-state index in [0.29, 0.717) is 6.54 Å². The van der Waals surface area contributed by atoms with Crippen LogP contribution in [0.4, 0.5) is 0 Å². The highest BCUT2D eigenvalue weighted by Gasteiger charge is 2.09. The summed E-state index contributed by atoms with van der Waals surface area (Å²) in [5.74, 6) is -1.19. The Morgan fingerprint density at radius 3 is 2.00 bits per heavy atom. The average molecular weight is 148 g/mol. The third-order valence-electron chi connectivity index (χ3n) is 0.811. The van der Waals surface area contributed by atoms with Gasteiger partial charge in [-0.1, -0.05) is 0 Å². The summed E-state index contributed by atoms with van der Waals surface area (Å²) >= 11 is 0. The molecule has 6 nitrogen and oxygen atoms in total. The molecule has 62 valence electrons. The lowest BCUT2D eigenvalue weighted by Crippen LogP contribution is -2.64. The number of nitrogens with one attached hydrogen (secondary N) is 1. The predicted octanol–water partition coefficient (Wildman–Crippen LogP) is -3.65. The lowest BCUT2D eigenvalue weighted by molar-refractivity contribution is 0.414. The Morgan fingerprint density at radius 2 is 1.70 bits per heavy atom. The van der Waals surface area contributed by atoms with Gasteiger partial charge in [0.25, 0.3) is 0 Å². The van der Waals surface area contributed by atoms with Crippen LogP contribution in [0.5, 0.6) is 0 Å². The molecule has 0 amide bonds. The van der Waals surface area contributed by atoms with Crippen LogP contribution in [0.15, 0.2) is 0 Å². The fourth-order valence-electron chi connectivity index (χ4n) is 0.455. The standard InChI is InChI=1S/C4H16N6/c5-3(6)1-10-2-4(7,8)9/h3,10H,1-2,5-9H2. The Labute approximate surface area is 60.1 Å². The fraction of sp³-hybridized carbons (Fsp3) is 1.00. The van der Waals surface area contributed by atoms with E-state index < -0.39 is 12.0 Å². The van der Waals surface area contributed by atoms with Gasteiger partial charge in [-0.15, -0.1) is 0 Å². The molecule has 0 aromatic carbocycles. The Morgan fingerprint density at radius 1 is 1.20 bits per heavy atom. The summed E-state index contributed by atoms with van der Waals surface area (Å²) in [5, 5.41) is 2.80. The van der Waals surface area contributed by atoms with Crippen LogP contribution in [0, 0.1) is 0 Å². The Balaban J connectivity index is 3.21. The molecule has 0 atom stereocenters. The third kappa shape index (κ3) is 7.76. The Hall–Kier alpha value is -0.240. The average Bonchev–Trinajstić information content (AvgIpc) is 1.59. The molecule has 0 aliphatic rings. The summed E-state index contributed by atoms with van der Waals surface area (Å²) in [6, 6.07) is 0. The summed E-state index contributed by atoms with van der Waals surface area (Å²) in [6.45, 7) is 0.741. The molecule has 0 saturated heterocycles. The van der Waals surface area contributed by atoms with Gasteiger partial charge in [-0.2, -0.15) is 0 Å². The van der Waals surface area contributed by atoms with E-state index >= 15 is 0 Å². The topological polar surface area (TPSA) is 142 Å². The van der Waals surface area contributed by atoms with Crippen molar-refractivity contribution in [3.8, 4) is 0 Å². The molecule has 0 heterocycles. The molecular weight excluding hydrogens is 132 g/mol. The van der Waals surface area contributed by atoms with Crippen LogP contribution >= 0.6 is 0 Å². The van der Waals surface area contributed by atoms with Crippen molar-refractivity contribution in [3.63, 3.8) is 0 Å². The molecule has 0 saturated carbocycles. The second-order valence-electron chi connectivity index (χ2n) is 2.41. The van der Waals surface area contributed by atoms with E-state index in [9.17, 15) is 0 Å². The minimum absolute atomic E-state index is 0.290. The highest BCUT2D eigenvalue weighted by molar-refractivity contribution is 4.71. The van der Waals surface area contributed by atoms with E-state index in [1.54, 1.807) is 0 Å². The van der Waals surface area contributed by atoms with Crippen molar-refractivity contribution in [2.45, 2.75) is 12.0 Å². The predicted molar refractivity (Wildman–Crippen MR) is 40.3 cm³/mol. The van der Waals surface area contributed by atoms with Gasteiger partial charge in [0.2, 0.25) is 0 Å². The SMILES string of the molecule is NC(N)CNCC(N)(N)N. The lowest BCUT2D eigenvalue weighted by Gasteiger charge is -2.19. The lowest BCUT2D eigenvalue weighted by atomic mass is 10.4. The molecule has 6 heteroatoms. The molecule has 0 spiro atoms. The van der Waals surface area contributed by atoms with E-state index in [1.165, 1.54) is 0 Å². The number of rotatable bonds is 4. The number of hydrogen-bond acceptors (Lipinski definition) is 6. The first-order valence-electron chi connectivity index (χ1n) is 3.00. The molecule has 0 rings (SSSR count). The van der Waals surface area contributed by atoms with E-state index in [-0.39, 0.29) is 6.54 Å². The van der Waals surface area contributed by atoms with Crippen LogP contribution in [0.1, 0.15) is 0 Å². The monoisotopic (exact) mass is 148 g/mol. The molecule has 11 N–H and O–H groups in total. The second kappa shape index (κ2) is 3.81. The molecule has 0 aromatic rings. The zero-order valence-electron chi connectivity index (χ0n) is 5.88. The van der Waals surface area contributed by atoms with Gasteiger partial charge in [-0.25, -0.2) is 0 Å². The second-order valence-corrected chi connectivity index (χ2v) is 2.41. The minimum atomic E-state index is -1.19. The third-order valence-corrected chi connectivity index (χ3v) is 0.811. The van der Waals surface area contributed by atoms with Crippen LogP contribution in [0.25, 0.3) is 0 Å². The molecule has 10 heavy (non-hydrogen) atoms. The molecular formula is C4H16N6. The van der Waals surface area contributed by atoms with Crippen LogP contribution < -0.4 is 34.0 Å². The molecule has 0 fully saturated rings. The summed E-state index contributed by atoms with van der Waals surface area (Å²) in [5.41, 5.74) is 26.1. The van der Waals surface area contributed by atoms with E-state index in [0.717, 1.165) is 0 Å². The van der Waals surface area contributed by atoms with Crippen molar-refractivity contribution in [3.05, 3.63) is 0 Å². The molecule has 0 bridgehead atoms. The van der Waals surface area contributed by atoms with Gasteiger partial charge in [0.15, 0.2) is 0 Å². The molecule has 0 unspecified atom stereocenters. The van der Waals surface area contributed by atoms with Gasteiger partial charge in [0, 0.05) is 13.1 Å².